The van der Waals surface area contributed by atoms with Crippen molar-refractivity contribution in [2.24, 2.45) is 11.8 Å². The molecule has 2 rings (SSSR count). The van der Waals surface area contributed by atoms with Crippen molar-refractivity contribution >= 4 is 23.0 Å². The molecule has 1 aromatic carbocycles. The second kappa shape index (κ2) is 5.18. The van der Waals surface area contributed by atoms with Crippen molar-refractivity contribution in [1.29, 1.82) is 0 Å². The van der Waals surface area contributed by atoms with E-state index in [0.717, 1.165) is 17.3 Å². The lowest BCUT2D eigenvalue weighted by Gasteiger charge is -2.34. The predicted octanol–water partition coefficient (Wildman–Crippen LogP) is 4.16. The van der Waals surface area contributed by atoms with Gasteiger partial charge in [0.05, 0.1) is 11.4 Å². The molecule has 1 fully saturated rings. The van der Waals surface area contributed by atoms with Gasteiger partial charge in [0.25, 0.3) is 0 Å². The van der Waals surface area contributed by atoms with Gasteiger partial charge >= 0.3 is 0 Å². The zero-order valence-electron chi connectivity index (χ0n) is 10.5. The van der Waals surface area contributed by atoms with Gasteiger partial charge in [-0.05, 0) is 49.3 Å². The van der Waals surface area contributed by atoms with Crippen LogP contribution >= 0.6 is 11.6 Å². The summed E-state index contributed by atoms with van der Waals surface area (Å²) in [5.74, 6) is 1.56. The average Bonchev–Trinajstić information content (AvgIpc) is 2.25. The lowest BCUT2D eigenvalue weighted by molar-refractivity contribution is 0.276. The molecule has 3 atom stereocenters. The van der Waals surface area contributed by atoms with Crippen LogP contribution in [0.2, 0.25) is 5.02 Å². The van der Waals surface area contributed by atoms with E-state index in [1.165, 1.54) is 19.3 Å². The highest BCUT2D eigenvalue weighted by Crippen LogP contribution is 2.32. The molecule has 1 aromatic rings. The quantitative estimate of drug-likeness (QED) is 0.776. The Kier molecular flexibility index (Phi) is 3.82. The number of rotatable bonds is 2. The van der Waals surface area contributed by atoms with Crippen molar-refractivity contribution in [3.05, 3.63) is 23.2 Å². The van der Waals surface area contributed by atoms with Crippen LogP contribution in [0.25, 0.3) is 0 Å². The van der Waals surface area contributed by atoms with Gasteiger partial charge in [0.15, 0.2) is 0 Å². The monoisotopic (exact) mass is 252 g/mol. The number of hydrogen-bond donors (Lipinski definition) is 2. The molecule has 3 N–H and O–H groups in total. The Labute approximate surface area is 109 Å². The lowest BCUT2D eigenvalue weighted by Crippen LogP contribution is -2.33. The average molecular weight is 253 g/mol. The largest absolute Gasteiger partial charge is 0.397 e. The molecule has 2 nitrogen and oxygen atoms in total. The van der Waals surface area contributed by atoms with Gasteiger partial charge < -0.3 is 11.1 Å². The summed E-state index contributed by atoms with van der Waals surface area (Å²) in [5, 5.41) is 4.26. The summed E-state index contributed by atoms with van der Waals surface area (Å²) in [7, 11) is 0. The second-order valence-corrected chi connectivity index (χ2v) is 5.81. The minimum atomic E-state index is 0.537. The maximum atomic E-state index is 5.96. The number of halogens is 1. The van der Waals surface area contributed by atoms with Crippen LogP contribution < -0.4 is 11.1 Å². The van der Waals surface area contributed by atoms with Crippen molar-refractivity contribution in [2.75, 3.05) is 11.1 Å². The number of anilines is 2. The number of nitrogen functional groups attached to an aromatic ring is 1. The van der Waals surface area contributed by atoms with Gasteiger partial charge in [-0.1, -0.05) is 25.4 Å². The molecule has 94 valence electrons. The fourth-order valence-corrected chi connectivity index (χ4v) is 2.93. The Morgan fingerprint density at radius 2 is 2.06 bits per heavy atom. The molecule has 0 spiro atoms. The van der Waals surface area contributed by atoms with E-state index in [0.29, 0.717) is 17.0 Å². The number of benzene rings is 1. The molecule has 3 unspecified atom stereocenters. The molecule has 17 heavy (non-hydrogen) atoms. The van der Waals surface area contributed by atoms with Crippen LogP contribution in [-0.2, 0) is 0 Å². The van der Waals surface area contributed by atoms with E-state index >= 15 is 0 Å². The molecule has 1 aliphatic carbocycles. The van der Waals surface area contributed by atoms with Gasteiger partial charge in [-0.2, -0.15) is 0 Å². The van der Waals surface area contributed by atoms with E-state index in [1.807, 2.05) is 12.1 Å². The van der Waals surface area contributed by atoms with Crippen molar-refractivity contribution in [1.82, 2.24) is 0 Å². The summed E-state index contributed by atoms with van der Waals surface area (Å²) in [4.78, 5) is 0. The lowest BCUT2D eigenvalue weighted by atomic mass is 9.80. The molecule has 0 radical (unpaired) electrons. The number of nitrogens with two attached hydrogens (primary N) is 1. The molecule has 0 saturated heterocycles. The first-order valence-electron chi connectivity index (χ1n) is 6.38. The zero-order chi connectivity index (χ0) is 12.4. The zero-order valence-corrected chi connectivity index (χ0v) is 11.3. The first kappa shape index (κ1) is 12.6. The third-order valence-corrected chi connectivity index (χ3v) is 4.02. The molecule has 0 aromatic heterocycles. The SMILES string of the molecule is CC1CCC(Nc2ccc(Cl)cc2N)C(C)C1. The standard InChI is InChI=1S/C14H21ClN2/c1-9-3-5-13(10(2)7-9)17-14-6-4-11(15)8-12(14)16/h4,6,8-10,13,17H,3,5,7,16H2,1-2H3. The van der Waals surface area contributed by atoms with E-state index in [9.17, 15) is 0 Å². The van der Waals surface area contributed by atoms with E-state index in [1.54, 1.807) is 6.07 Å². The topological polar surface area (TPSA) is 38.0 Å². The van der Waals surface area contributed by atoms with Crippen LogP contribution in [0.4, 0.5) is 11.4 Å². The highest BCUT2D eigenvalue weighted by molar-refractivity contribution is 6.31. The molecule has 0 aliphatic heterocycles. The van der Waals surface area contributed by atoms with Gasteiger partial charge in [-0.3, -0.25) is 0 Å². The third kappa shape index (κ3) is 3.06. The van der Waals surface area contributed by atoms with Gasteiger partial charge in [0.1, 0.15) is 0 Å². The van der Waals surface area contributed by atoms with Crippen LogP contribution in [0, 0.1) is 11.8 Å². The van der Waals surface area contributed by atoms with Crippen molar-refractivity contribution in [2.45, 2.75) is 39.2 Å². The predicted molar refractivity (Wildman–Crippen MR) is 75.5 cm³/mol. The minimum absolute atomic E-state index is 0.537. The summed E-state index contributed by atoms with van der Waals surface area (Å²) in [6, 6.07) is 6.20. The summed E-state index contributed by atoms with van der Waals surface area (Å²) < 4.78 is 0. The highest BCUT2D eigenvalue weighted by atomic mass is 35.5. The fourth-order valence-electron chi connectivity index (χ4n) is 2.74. The van der Waals surface area contributed by atoms with Crippen LogP contribution in [0.5, 0.6) is 0 Å². The summed E-state index contributed by atoms with van der Waals surface area (Å²) in [5.41, 5.74) is 7.72. The first-order valence-corrected chi connectivity index (χ1v) is 6.75. The summed E-state index contributed by atoms with van der Waals surface area (Å²) in [6.07, 6.45) is 3.82. The van der Waals surface area contributed by atoms with E-state index in [2.05, 4.69) is 19.2 Å². The maximum absolute atomic E-state index is 5.96. The molecule has 0 heterocycles. The molecular weight excluding hydrogens is 232 g/mol. The van der Waals surface area contributed by atoms with E-state index in [4.69, 9.17) is 17.3 Å². The number of hydrogen-bond acceptors (Lipinski definition) is 2. The molecule has 0 bridgehead atoms. The Balaban J connectivity index is 2.05. The number of nitrogens with one attached hydrogen (secondary N) is 1. The first-order chi connectivity index (χ1) is 8.06. The second-order valence-electron chi connectivity index (χ2n) is 5.38. The van der Waals surface area contributed by atoms with Gasteiger partial charge in [-0.15, -0.1) is 0 Å². The Morgan fingerprint density at radius 3 is 2.71 bits per heavy atom. The van der Waals surface area contributed by atoms with Gasteiger partial charge in [-0.25, -0.2) is 0 Å². The van der Waals surface area contributed by atoms with E-state index < -0.39 is 0 Å². The Bertz CT molecular complexity index is 392. The van der Waals surface area contributed by atoms with Crippen molar-refractivity contribution < 1.29 is 0 Å². The van der Waals surface area contributed by atoms with E-state index in [-0.39, 0.29) is 0 Å². The van der Waals surface area contributed by atoms with Crippen LogP contribution in [-0.4, -0.2) is 6.04 Å². The normalized spacial score (nSPS) is 29.0. The molecule has 3 heteroatoms. The van der Waals surface area contributed by atoms with Crippen LogP contribution in [0.15, 0.2) is 18.2 Å². The molecular formula is C14H21ClN2. The van der Waals surface area contributed by atoms with Crippen LogP contribution in [0.1, 0.15) is 33.1 Å². The third-order valence-electron chi connectivity index (χ3n) is 3.79. The Morgan fingerprint density at radius 1 is 1.29 bits per heavy atom. The molecule has 1 saturated carbocycles. The molecule has 1 aliphatic rings. The van der Waals surface area contributed by atoms with Gasteiger partial charge in [0, 0.05) is 11.1 Å². The smallest absolute Gasteiger partial charge is 0.0577 e. The highest BCUT2D eigenvalue weighted by Gasteiger charge is 2.25. The summed E-state index contributed by atoms with van der Waals surface area (Å²) in [6.45, 7) is 4.66. The van der Waals surface area contributed by atoms with Crippen molar-refractivity contribution in [3.63, 3.8) is 0 Å². The fraction of sp³-hybridized carbons (Fsp3) is 0.571. The van der Waals surface area contributed by atoms with Crippen LogP contribution in [0.3, 0.4) is 0 Å². The maximum Gasteiger partial charge on any atom is 0.0577 e. The van der Waals surface area contributed by atoms with Crippen molar-refractivity contribution in [3.8, 4) is 0 Å². The Hall–Kier alpha value is -0.890. The van der Waals surface area contributed by atoms with Gasteiger partial charge in [0.2, 0.25) is 0 Å². The molecule has 0 amide bonds. The minimum Gasteiger partial charge on any atom is -0.397 e. The summed E-state index contributed by atoms with van der Waals surface area (Å²) >= 11 is 5.90.